The molecule has 1 aromatic rings. The van der Waals surface area contributed by atoms with Crippen molar-refractivity contribution in [3.8, 4) is 11.5 Å². The lowest BCUT2D eigenvalue weighted by Gasteiger charge is -2.25. The molecule has 1 aromatic carbocycles. The number of hydrogen-bond acceptors (Lipinski definition) is 3. The van der Waals surface area contributed by atoms with Crippen LogP contribution in [0.2, 0.25) is 5.02 Å². The van der Waals surface area contributed by atoms with Gasteiger partial charge in [-0.15, -0.1) is 0 Å². The van der Waals surface area contributed by atoms with Crippen molar-refractivity contribution in [2.45, 2.75) is 25.7 Å². The van der Waals surface area contributed by atoms with Gasteiger partial charge in [0.15, 0.2) is 11.5 Å². The van der Waals surface area contributed by atoms with E-state index in [1.165, 1.54) is 19.2 Å². The van der Waals surface area contributed by atoms with E-state index in [0.717, 1.165) is 0 Å². The van der Waals surface area contributed by atoms with E-state index in [9.17, 15) is 9.90 Å². The van der Waals surface area contributed by atoms with Crippen LogP contribution in [0.25, 0.3) is 0 Å². The minimum atomic E-state index is -0.915. The number of aromatic hydroxyl groups is 1. The van der Waals surface area contributed by atoms with Crippen LogP contribution >= 0.6 is 11.6 Å². The molecule has 0 saturated carbocycles. The lowest BCUT2D eigenvalue weighted by atomic mass is 9.81. The van der Waals surface area contributed by atoms with Crippen LogP contribution in [-0.2, 0) is 10.2 Å². The average Bonchev–Trinajstić information content (AvgIpc) is 2.18. The Morgan fingerprint density at radius 3 is 2.53 bits per heavy atom. The zero-order valence-corrected chi connectivity index (χ0v) is 10.7. The van der Waals surface area contributed by atoms with Gasteiger partial charge in [0.1, 0.15) is 0 Å². The molecule has 0 aliphatic carbocycles. The first-order valence-corrected chi connectivity index (χ1v) is 5.44. The molecule has 0 bridgehead atoms. The van der Waals surface area contributed by atoms with Crippen molar-refractivity contribution in [1.29, 1.82) is 0 Å². The topological polar surface area (TPSA) is 66.8 Å². The monoisotopic (exact) mass is 258 g/mol. The van der Waals surface area contributed by atoms with Crippen LogP contribution in [0, 0.1) is 0 Å². The summed E-state index contributed by atoms with van der Waals surface area (Å²) in [4.78, 5) is 10.8. The predicted molar refractivity (Wildman–Crippen MR) is 64.9 cm³/mol. The van der Waals surface area contributed by atoms with E-state index in [1.807, 2.05) is 0 Å². The molecule has 17 heavy (non-hydrogen) atoms. The van der Waals surface area contributed by atoms with E-state index in [4.69, 9.17) is 21.4 Å². The molecule has 0 aliphatic heterocycles. The summed E-state index contributed by atoms with van der Waals surface area (Å²) in [6, 6.07) is 2.93. The van der Waals surface area contributed by atoms with E-state index in [1.54, 1.807) is 13.8 Å². The van der Waals surface area contributed by atoms with Gasteiger partial charge >= 0.3 is 5.97 Å². The van der Waals surface area contributed by atoms with Gasteiger partial charge in [0.25, 0.3) is 0 Å². The molecule has 0 fully saturated rings. The number of carboxylic acid groups (broad SMARTS) is 1. The highest BCUT2D eigenvalue weighted by molar-refractivity contribution is 6.31. The highest BCUT2D eigenvalue weighted by atomic mass is 35.5. The Bertz CT molecular complexity index is 440. The van der Waals surface area contributed by atoms with E-state index in [-0.39, 0.29) is 17.9 Å². The zero-order chi connectivity index (χ0) is 13.2. The molecular formula is C12H15ClO4. The molecule has 0 heterocycles. The first-order valence-electron chi connectivity index (χ1n) is 5.06. The van der Waals surface area contributed by atoms with E-state index < -0.39 is 11.4 Å². The number of carbonyl (C=O) groups is 1. The molecule has 0 amide bonds. The van der Waals surface area contributed by atoms with Crippen molar-refractivity contribution in [2.24, 2.45) is 0 Å². The number of methoxy groups -OCH3 is 1. The lowest BCUT2D eigenvalue weighted by Crippen LogP contribution is -2.22. The Hall–Kier alpha value is -1.42. The van der Waals surface area contributed by atoms with Gasteiger partial charge in [-0.2, -0.15) is 0 Å². The number of carboxylic acids is 1. The van der Waals surface area contributed by atoms with Crippen LogP contribution in [0.3, 0.4) is 0 Å². The Morgan fingerprint density at radius 2 is 2.06 bits per heavy atom. The van der Waals surface area contributed by atoms with Gasteiger partial charge in [-0.1, -0.05) is 25.4 Å². The number of phenolic OH excluding ortho intramolecular Hbond substituents is 1. The fraction of sp³-hybridized carbons (Fsp3) is 0.417. The summed E-state index contributed by atoms with van der Waals surface area (Å²) in [5.74, 6) is -0.698. The molecule has 4 nitrogen and oxygen atoms in total. The van der Waals surface area contributed by atoms with Crippen molar-refractivity contribution in [3.05, 3.63) is 22.7 Å². The highest BCUT2D eigenvalue weighted by Gasteiger charge is 2.27. The fourth-order valence-corrected chi connectivity index (χ4v) is 2.11. The summed E-state index contributed by atoms with van der Waals surface area (Å²) in [6.07, 6.45) is -0.0709. The molecule has 0 unspecified atom stereocenters. The van der Waals surface area contributed by atoms with Gasteiger partial charge < -0.3 is 14.9 Å². The SMILES string of the molecule is COc1cc(Cl)c(C(C)(C)CC(=O)O)cc1O. The summed E-state index contributed by atoms with van der Waals surface area (Å²) >= 11 is 6.06. The number of aliphatic carboxylic acids is 1. The maximum absolute atomic E-state index is 10.8. The molecule has 0 spiro atoms. The Balaban J connectivity index is 3.22. The van der Waals surface area contributed by atoms with E-state index in [2.05, 4.69) is 0 Å². The summed E-state index contributed by atoms with van der Waals surface area (Å²) < 4.78 is 4.92. The van der Waals surface area contributed by atoms with Crippen LogP contribution in [-0.4, -0.2) is 23.3 Å². The minimum Gasteiger partial charge on any atom is -0.504 e. The smallest absolute Gasteiger partial charge is 0.304 e. The van der Waals surface area contributed by atoms with Crippen LogP contribution in [0.5, 0.6) is 11.5 Å². The van der Waals surface area contributed by atoms with Gasteiger partial charge in [-0.25, -0.2) is 0 Å². The summed E-state index contributed by atoms with van der Waals surface area (Å²) in [6.45, 7) is 3.52. The molecule has 5 heteroatoms. The normalized spacial score (nSPS) is 11.3. The molecule has 0 radical (unpaired) electrons. The minimum absolute atomic E-state index is 0.0506. The number of rotatable bonds is 4. The first-order chi connectivity index (χ1) is 7.77. The second-order valence-electron chi connectivity index (χ2n) is 4.46. The third-order valence-corrected chi connectivity index (χ3v) is 2.90. The van der Waals surface area contributed by atoms with Gasteiger partial charge in [0.2, 0.25) is 0 Å². The highest BCUT2D eigenvalue weighted by Crippen LogP contribution is 2.39. The Labute approximate surface area is 105 Å². The van der Waals surface area contributed by atoms with Crippen molar-refractivity contribution < 1.29 is 19.7 Å². The number of benzene rings is 1. The third-order valence-electron chi connectivity index (χ3n) is 2.59. The first kappa shape index (κ1) is 13.6. The van der Waals surface area contributed by atoms with Crippen LogP contribution in [0.1, 0.15) is 25.8 Å². The van der Waals surface area contributed by atoms with Crippen LogP contribution in [0.4, 0.5) is 0 Å². The van der Waals surface area contributed by atoms with Gasteiger partial charge in [0, 0.05) is 16.5 Å². The second kappa shape index (κ2) is 4.84. The predicted octanol–water partition coefficient (Wildman–Crippen LogP) is 2.81. The van der Waals surface area contributed by atoms with Crippen LogP contribution < -0.4 is 4.74 Å². The Morgan fingerprint density at radius 1 is 1.47 bits per heavy atom. The number of ether oxygens (including phenoxy) is 1. The molecule has 0 saturated heterocycles. The standard InChI is InChI=1S/C12H15ClO4/c1-12(2,6-11(15)16)7-4-9(14)10(17-3)5-8(7)13/h4-5,14H,6H2,1-3H3,(H,15,16). The average molecular weight is 259 g/mol. The molecule has 2 N–H and O–H groups in total. The zero-order valence-electron chi connectivity index (χ0n) is 9.95. The number of halogens is 1. The van der Waals surface area contributed by atoms with Crippen molar-refractivity contribution >= 4 is 17.6 Å². The molecule has 0 aliphatic rings. The largest absolute Gasteiger partial charge is 0.504 e. The maximum Gasteiger partial charge on any atom is 0.304 e. The summed E-state index contributed by atoms with van der Waals surface area (Å²) in [5.41, 5.74) is -0.0768. The van der Waals surface area contributed by atoms with E-state index >= 15 is 0 Å². The molecular weight excluding hydrogens is 244 g/mol. The third kappa shape index (κ3) is 3.03. The molecule has 0 aromatic heterocycles. The second-order valence-corrected chi connectivity index (χ2v) is 4.87. The fourth-order valence-electron chi connectivity index (χ4n) is 1.70. The van der Waals surface area contributed by atoms with Gasteiger partial charge in [0.05, 0.1) is 13.5 Å². The Kier molecular flexibility index (Phi) is 3.88. The molecule has 94 valence electrons. The van der Waals surface area contributed by atoms with Crippen molar-refractivity contribution in [1.82, 2.24) is 0 Å². The number of phenols is 1. The van der Waals surface area contributed by atoms with Crippen molar-refractivity contribution in [3.63, 3.8) is 0 Å². The summed E-state index contributed by atoms with van der Waals surface area (Å²) in [7, 11) is 1.42. The van der Waals surface area contributed by atoms with Crippen molar-refractivity contribution in [2.75, 3.05) is 7.11 Å². The quantitative estimate of drug-likeness (QED) is 0.872. The maximum atomic E-state index is 10.8. The van der Waals surface area contributed by atoms with E-state index in [0.29, 0.717) is 10.6 Å². The van der Waals surface area contributed by atoms with Gasteiger partial charge in [-0.05, 0) is 11.6 Å². The number of hydrogen-bond donors (Lipinski definition) is 2. The van der Waals surface area contributed by atoms with Crippen LogP contribution in [0.15, 0.2) is 12.1 Å². The molecule has 0 atom stereocenters. The summed E-state index contributed by atoms with van der Waals surface area (Å²) in [5, 5.41) is 18.9. The lowest BCUT2D eigenvalue weighted by molar-refractivity contribution is -0.138. The molecule has 1 rings (SSSR count). The van der Waals surface area contributed by atoms with Gasteiger partial charge in [-0.3, -0.25) is 4.79 Å².